The molecular formula is C15H20F4N4O. The first kappa shape index (κ1) is 18.6. The third-order valence-electron chi connectivity index (χ3n) is 3.78. The Morgan fingerprint density at radius 2 is 1.88 bits per heavy atom. The average Bonchev–Trinajstić information content (AvgIpc) is 2.55. The number of pyridine rings is 1. The summed E-state index contributed by atoms with van der Waals surface area (Å²) >= 11 is 0. The summed E-state index contributed by atoms with van der Waals surface area (Å²) < 4.78 is 50.4. The minimum Gasteiger partial charge on any atom is -0.349 e. The molecule has 0 radical (unpaired) electrons. The van der Waals surface area contributed by atoms with Crippen LogP contribution in [0, 0.1) is 0 Å². The summed E-state index contributed by atoms with van der Waals surface area (Å²) in [7, 11) is 0. The Kier molecular flexibility index (Phi) is 6.50. The van der Waals surface area contributed by atoms with Gasteiger partial charge in [0, 0.05) is 32.4 Å². The molecule has 2 rings (SSSR count). The van der Waals surface area contributed by atoms with E-state index in [9.17, 15) is 22.4 Å². The first-order valence-corrected chi connectivity index (χ1v) is 7.64. The fourth-order valence-corrected chi connectivity index (χ4v) is 2.42. The second-order valence-corrected chi connectivity index (χ2v) is 5.71. The van der Waals surface area contributed by atoms with Gasteiger partial charge in [0.2, 0.25) is 5.91 Å². The zero-order valence-corrected chi connectivity index (χ0v) is 13.1. The molecule has 134 valence electrons. The summed E-state index contributed by atoms with van der Waals surface area (Å²) in [5.74, 6) is -4.19. The van der Waals surface area contributed by atoms with Crippen LogP contribution < -0.4 is 5.32 Å². The molecule has 2 heterocycles. The van der Waals surface area contributed by atoms with Crippen molar-refractivity contribution in [3.05, 3.63) is 30.1 Å². The highest BCUT2D eigenvalue weighted by Gasteiger charge is 2.42. The van der Waals surface area contributed by atoms with Gasteiger partial charge in [0.15, 0.2) is 0 Å². The molecule has 0 bridgehead atoms. The van der Waals surface area contributed by atoms with Crippen molar-refractivity contribution in [2.45, 2.75) is 18.9 Å². The standard InChI is InChI=1S/C15H20F4N4O/c16-14(17)15(18,19)11-23-7-5-22(6-8-23)10-13(24)21-9-12-3-1-2-4-20-12/h1-4,14H,5-11H2,(H,21,24). The number of piperazine rings is 1. The van der Waals surface area contributed by atoms with Crippen LogP contribution in [0.4, 0.5) is 17.6 Å². The van der Waals surface area contributed by atoms with Crippen LogP contribution in [-0.4, -0.2) is 72.3 Å². The minimum absolute atomic E-state index is 0.145. The van der Waals surface area contributed by atoms with E-state index in [0.717, 1.165) is 5.69 Å². The third kappa shape index (κ3) is 5.72. The highest BCUT2D eigenvalue weighted by Crippen LogP contribution is 2.24. The molecule has 1 fully saturated rings. The number of alkyl halides is 4. The van der Waals surface area contributed by atoms with Gasteiger partial charge in [0.1, 0.15) is 0 Å². The van der Waals surface area contributed by atoms with Crippen molar-refractivity contribution in [2.75, 3.05) is 39.3 Å². The molecule has 0 aliphatic carbocycles. The first-order chi connectivity index (χ1) is 11.4. The lowest BCUT2D eigenvalue weighted by molar-refractivity contribution is -0.145. The van der Waals surface area contributed by atoms with Gasteiger partial charge in [0.05, 0.1) is 25.3 Å². The number of carbonyl (C=O) groups excluding carboxylic acids is 1. The van der Waals surface area contributed by atoms with E-state index in [2.05, 4.69) is 10.3 Å². The van der Waals surface area contributed by atoms with Gasteiger partial charge in [-0.2, -0.15) is 8.78 Å². The van der Waals surface area contributed by atoms with Gasteiger partial charge < -0.3 is 5.32 Å². The maximum Gasteiger partial charge on any atom is 0.319 e. The third-order valence-corrected chi connectivity index (χ3v) is 3.78. The number of hydrogen-bond acceptors (Lipinski definition) is 4. The maximum absolute atomic E-state index is 13.0. The monoisotopic (exact) mass is 348 g/mol. The van der Waals surface area contributed by atoms with Crippen molar-refractivity contribution in [1.82, 2.24) is 20.1 Å². The Morgan fingerprint density at radius 3 is 2.46 bits per heavy atom. The number of aromatic nitrogens is 1. The van der Waals surface area contributed by atoms with Crippen molar-refractivity contribution >= 4 is 5.91 Å². The molecule has 1 aromatic rings. The molecule has 1 N–H and O–H groups in total. The van der Waals surface area contributed by atoms with Crippen LogP contribution in [0.25, 0.3) is 0 Å². The summed E-state index contributed by atoms with van der Waals surface area (Å²) in [4.78, 5) is 19.1. The lowest BCUT2D eigenvalue weighted by Crippen LogP contribution is -2.53. The smallest absolute Gasteiger partial charge is 0.319 e. The summed E-state index contributed by atoms with van der Waals surface area (Å²) in [5.41, 5.74) is 0.741. The van der Waals surface area contributed by atoms with E-state index in [1.807, 2.05) is 11.0 Å². The zero-order chi connectivity index (χ0) is 17.6. The Hall–Kier alpha value is -1.74. The van der Waals surface area contributed by atoms with Crippen LogP contribution in [0.1, 0.15) is 5.69 Å². The molecule has 0 saturated carbocycles. The zero-order valence-electron chi connectivity index (χ0n) is 13.1. The van der Waals surface area contributed by atoms with E-state index in [1.165, 1.54) is 4.90 Å². The molecule has 1 amide bonds. The molecule has 9 heteroatoms. The summed E-state index contributed by atoms with van der Waals surface area (Å²) in [5, 5.41) is 2.73. The van der Waals surface area contributed by atoms with Crippen LogP contribution in [-0.2, 0) is 11.3 Å². The number of halogens is 4. The molecule has 0 spiro atoms. The summed E-state index contributed by atoms with van der Waals surface area (Å²) in [6, 6.07) is 5.40. The number of nitrogens with one attached hydrogen (secondary N) is 1. The van der Waals surface area contributed by atoms with Crippen molar-refractivity contribution < 1.29 is 22.4 Å². The van der Waals surface area contributed by atoms with Gasteiger partial charge in [0.25, 0.3) is 0 Å². The second kappa shape index (κ2) is 8.39. The van der Waals surface area contributed by atoms with Crippen molar-refractivity contribution in [3.63, 3.8) is 0 Å². The van der Waals surface area contributed by atoms with Crippen LogP contribution in [0.5, 0.6) is 0 Å². The number of hydrogen-bond donors (Lipinski definition) is 1. The lowest BCUT2D eigenvalue weighted by atomic mass is 10.2. The maximum atomic E-state index is 13.0. The Labute approximate surface area is 137 Å². The van der Waals surface area contributed by atoms with Gasteiger partial charge in [-0.15, -0.1) is 0 Å². The van der Waals surface area contributed by atoms with E-state index in [-0.39, 0.29) is 25.5 Å². The van der Waals surface area contributed by atoms with E-state index >= 15 is 0 Å². The van der Waals surface area contributed by atoms with Crippen molar-refractivity contribution in [2.24, 2.45) is 0 Å². The lowest BCUT2D eigenvalue weighted by Gasteiger charge is -2.35. The van der Waals surface area contributed by atoms with Crippen molar-refractivity contribution in [1.29, 1.82) is 0 Å². The molecule has 1 aromatic heterocycles. The highest BCUT2D eigenvalue weighted by atomic mass is 19.3. The van der Waals surface area contributed by atoms with Gasteiger partial charge in [-0.25, -0.2) is 8.78 Å². The molecule has 5 nitrogen and oxygen atoms in total. The molecule has 1 aliphatic rings. The fourth-order valence-electron chi connectivity index (χ4n) is 2.42. The topological polar surface area (TPSA) is 48.5 Å². The number of amides is 1. The largest absolute Gasteiger partial charge is 0.349 e. The Bertz CT molecular complexity index is 521. The molecular weight excluding hydrogens is 328 g/mol. The molecule has 0 atom stereocenters. The van der Waals surface area contributed by atoms with Gasteiger partial charge in [-0.1, -0.05) is 6.07 Å². The van der Waals surface area contributed by atoms with Crippen molar-refractivity contribution in [3.8, 4) is 0 Å². The second-order valence-electron chi connectivity index (χ2n) is 5.71. The summed E-state index contributed by atoms with van der Waals surface area (Å²) in [6.07, 6.45) is -2.02. The van der Waals surface area contributed by atoms with E-state index < -0.39 is 18.9 Å². The van der Waals surface area contributed by atoms with Gasteiger partial charge in [-0.05, 0) is 12.1 Å². The van der Waals surface area contributed by atoms with E-state index in [1.54, 1.807) is 18.3 Å². The molecule has 0 unspecified atom stereocenters. The van der Waals surface area contributed by atoms with Crippen LogP contribution in [0.2, 0.25) is 0 Å². The molecule has 1 saturated heterocycles. The number of nitrogens with zero attached hydrogens (tertiary/aromatic N) is 3. The number of carbonyl (C=O) groups is 1. The normalized spacial score (nSPS) is 17.2. The van der Waals surface area contributed by atoms with Gasteiger partial charge in [-0.3, -0.25) is 19.6 Å². The number of rotatable bonds is 7. The summed E-state index contributed by atoms with van der Waals surface area (Å²) in [6.45, 7) is 0.745. The Morgan fingerprint density at radius 1 is 1.21 bits per heavy atom. The quantitative estimate of drug-likeness (QED) is 0.753. The Balaban J connectivity index is 1.68. The highest BCUT2D eigenvalue weighted by molar-refractivity contribution is 5.77. The predicted molar refractivity (Wildman–Crippen MR) is 79.9 cm³/mol. The van der Waals surface area contributed by atoms with Crippen LogP contribution in [0.3, 0.4) is 0 Å². The molecule has 1 aliphatic heterocycles. The minimum atomic E-state index is -4.00. The predicted octanol–water partition coefficient (Wildman–Crippen LogP) is 1.22. The average molecular weight is 348 g/mol. The van der Waals surface area contributed by atoms with E-state index in [4.69, 9.17) is 0 Å². The SMILES string of the molecule is O=C(CN1CCN(CC(F)(F)C(F)F)CC1)NCc1ccccn1. The first-order valence-electron chi connectivity index (χ1n) is 7.64. The fraction of sp³-hybridized carbons (Fsp3) is 0.600. The van der Waals surface area contributed by atoms with Crippen LogP contribution in [0.15, 0.2) is 24.4 Å². The molecule has 0 aromatic carbocycles. The van der Waals surface area contributed by atoms with Gasteiger partial charge >= 0.3 is 12.3 Å². The van der Waals surface area contributed by atoms with Crippen LogP contribution >= 0.6 is 0 Å². The van der Waals surface area contributed by atoms with E-state index in [0.29, 0.717) is 19.6 Å². The molecule has 24 heavy (non-hydrogen) atoms.